The van der Waals surface area contributed by atoms with Gasteiger partial charge in [-0.15, -0.1) is 0 Å². The van der Waals surface area contributed by atoms with Crippen molar-refractivity contribution in [1.82, 2.24) is 16.2 Å². The predicted octanol–water partition coefficient (Wildman–Crippen LogP) is 0.297. The Kier molecular flexibility index (Phi) is 6.38. The lowest BCUT2D eigenvalue weighted by Gasteiger charge is -2.10. The molecule has 0 heterocycles. The first-order valence-electron chi connectivity index (χ1n) is 6.23. The summed E-state index contributed by atoms with van der Waals surface area (Å²) >= 11 is 0. The Labute approximate surface area is 112 Å². The van der Waals surface area contributed by atoms with Crippen molar-refractivity contribution in [2.24, 2.45) is 5.73 Å². The van der Waals surface area contributed by atoms with Gasteiger partial charge in [-0.3, -0.25) is 10.2 Å². The molecule has 6 nitrogen and oxygen atoms in total. The zero-order chi connectivity index (χ0) is 14.1. The van der Waals surface area contributed by atoms with Crippen molar-refractivity contribution < 1.29 is 9.59 Å². The number of aryl methyl sites for hydroxylation is 1. The second kappa shape index (κ2) is 8.10. The van der Waals surface area contributed by atoms with Crippen LogP contribution in [0.15, 0.2) is 30.3 Å². The summed E-state index contributed by atoms with van der Waals surface area (Å²) in [6.45, 7) is 2.07. The largest absolute Gasteiger partial charge is 0.337 e. The molecule has 0 saturated heterocycles. The number of benzene rings is 1. The number of carbonyl (C=O) groups is 2. The number of rotatable bonds is 5. The molecule has 0 fully saturated rings. The molecule has 0 aliphatic rings. The normalized spacial score (nSPS) is 11.5. The summed E-state index contributed by atoms with van der Waals surface area (Å²) in [6, 6.07) is 8.93. The van der Waals surface area contributed by atoms with Crippen molar-refractivity contribution in [3.8, 4) is 0 Å². The van der Waals surface area contributed by atoms with E-state index < -0.39 is 18.0 Å². The van der Waals surface area contributed by atoms with Crippen molar-refractivity contribution in [2.45, 2.75) is 25.8 Å². The van der Waals surface area contributed by atoms with E-state index in [1.54, 1.807) is 0 Å². The van der Waals surface area contributed by atoms with Gasteiger partial charge >= 0.3 is 6.03 Å². The summed E-state index contributed by atoms with van der Waals surface area (Å²) in [5, 5.41) is 2.64. The van der Waals surface area contributed by atoms with Crippen molar-refractivity contribution in [3.05, 3.63) is 35.9 Å². The average molecular weight is 264 g/mol. The summed E-state index contributed by atoms with van der Waals surface area (Å²) in [5.41, 5.74) is 11.0. The Bertz CT molecular complexity index is 406. The first-order chi connectivity index (χ1) is 9.09. The molecular weight excluding hydrogens is 244 g/mol. The van der Waals surface area contributed by atoms with E-state index in [4.69, 9.17) is 5.73 Å². The van der Waals surface area contributed by atoms with Crippen molar-refractivity contribution in [1.29, 1.82) is 0 Å². The molecule has 0 radical (unpaired) electrons. The van der Waals surface area contributed by atoms with Gasteiger partial charge in [-0.1, -0.05) is 30.3 Å². The van der Waals surface area contributed by atoms with Crippen LogP contribution in [0, 0.1) is 0 Å². The summed E-state index contributed by atoms with van der Waals surface area (Å²) in [5.74, 6) is -0.431. The fourth-order valence-corrected chi connectivity index (χ4v) is 1.42. The Balaban J connectivity index is 2.09. The molecule has 1 atom stereocenters. The summed E-state index contributed by atoms with van der Waals surface area (Å²) in [4.78, 5) is 22.4. The number of nitrogens with one attached hydrogen (secondary N) is 3. The van der Waals surface area contributed by atoms with Crippen LogP contribution >= 0.6 is 0 Å². The maximum Gasteiger partial charge on any atom is 0.333 e. The molecule has 19 heavy (non-hydrogen) atoms. The van der Waals surface area contributed by atoms with Crippen LogP contribution in [-0.2, 0) is 11.2 Å². The molecule has 1 rings (SSSR count). The van der Waals surface area contributed by atoms with E-state index >= 15 is 0 Å². The highest BCUT2D eigenvalue weighted by molar-refractivity contribution is 5.84. The highest BCUT2D eigenvalue weighted by atomic mass is 16.2. The van der Waals surface area contributed by atoms with Crippen LogP contribution in [0.25, 0.3) is 0 Å². The van der Waals surface area contributed by atoms with E-state index in [1.807, 2.05) is 30.3 Å². The number of urea groups is 1. The van der Waals surface area contributed by atoms with E-state index in [2.05, 4.69) is 16.2 Å². The number of nitrogens with two attached hydrogens (primary N) is 1. The third-order valence-electron chi connectivity index (χ3n) is 2.48. The van der Waals surface area contributed by atoms with Crippen LogP contribution in [-0.4, -0.2) is 24.5 Å². The van der Waals surface area contributed by atoms with Gasteiger partial charge in [-0.2, -0.15) is 0 Å². The number of hydrazine groups is 1. The molecular formula is C13H20N4O2. The monoisotopic (exact) mass is 264 g/mol. The third kappa shape index (κ3) is 6.42. The van der Waals surface area contributed by atoms with Gasteiger partial charge in [0.15, 0.2) is 0 Å². The molecule has 1 aromatic rings. The lowest BCUT2D eigenvalue weighted by atomic mass is 10.1. The first-order valence-corrected chi connectivity index (χ1v) is 6.23. The first kappa shape index (κ1) is 15.0. The van der Waals surface area contributed by atoms with Gasteiger partial charge < -0.3 is 11.1 Å². The van der Waals surface area contributed by atoms with Gasteiger partial charge in [0.2, 0.25) is 0 Å². The van der Waals surface area contributed by atoms with E-state index in [-0.39, 0.29) is 0 Å². The van der Waals surface area contributed by atoms with Crippen LogP contribution in [0.4, 0.5) is 4.79 Å². The standard InChI is InChI=1S/C13H20N4O2/c1-10(14)12(18)16-17-13(19)15-9-5-8-11-6-3-2-4-7-11/h2-4,6-7,10H,5,8-9,14H2,1H3,(H,16,18)(H2,15,17,19)/t10-/m1/s1. The maximum atomic E-state index is 11.3. The van der Waals surface area contributed by atoms with Gasteiger partial charge in [-0.25, -0.2) is 10.2 Å². The van der Waals surface area contributed by atoms with E-state index in [0.29, 0.717) is 6.54 Å². The molecule has 0 aliphatic carbocycles. The van der Waals surface area contributed by atoms with Crippen LogP contribution < -0.4 is 21.9 Å². The van der Waals surface area contributed by atoms with Gasteiger partial charge in [0.25, 0.3) is 5.91 Å². The number of carbonyl (C=O) groups excluding carboxylic acids is 2. The quantitative estimate of drug-likeness (QED) is 0.455. The molecule has 0 spiro atoms. The third-order valence-corrected chi connectivity index (χ3v) is 2.48. The minimum atomic E-state index is -0.654. The predicted molar refractivity (Wildman–Crippen MR) is 73.1 cm³/mol. The second-order valence-electron chi connectivity index (χ2n) is 4.25. The van der Waals surface area contributed by atoms with Gasteiger partial charge in [0.05, 0.1) is 6.04 Å². The molecule has 104 valence electrons. The van der Waals surface area contributed by atoms with Gasteiger partial charge in [-0.05, 0) is 25.3 Å². The van der Waals surface area contributed by atoms with E-state index in [1.165, 1.54) is 12.5 Å². The van der Waals surface area contributed by atoms with Crippen LogP contribution in [0.3, 0.4) is 0 Å². The number of hydrogen-bond donors (Lipinski definition) is 4. The van der Waals surface area contributed by atoms with E-state index in [9.17, 15) is 9.59 Å². The molecule has 0 saturated carbocycles. The molecule has 1 aromatic carbocycles. The fraction of sp³-hybridized carbons (Fsp3) is 0.385. The highest BCUT2D eigenvalue weighted by Gasteiger charge is 2.07. The molecule has 0 aromatic heterocycles. The lowest BCUT2D eigenvalue weighted by Crippen LogP contribution is -2.51. The molecule has 6 heteroatoms. The van der Waals surface area contributed by atoms with Crippen molar-refractivity contribution >= 4 is 11.9 Å². The minimum Gasteiger partial charge on any atom is -0.337 e. The lowest BCUT2D eigenvalue weighted by molar-refractivity contribution is -0.122. The van der Waals surface area contributed by atoms with Crippen LogP contribution in [0.2, 0.25) is 0 Å². The zero-order valence-electron chi connectivity index (χ0n) is 11.0. The topological polar surface area (TPSA) is 96.2 Å². The summed E-state index contributed by atoms with van der Waals surface area (Å²) < 4.78 is 0. The average Bonchev–Trinajstić information content (AvgIpc) is 2.42. The highest BCUT2D eigenvalue weighted by Crippen LogP contribution is 2.01. The molecule has 0 bridgehead atoms. The minimum absolute atomic E-state index is 0.431. The van der Waals surface area contributed by atoms with Crippen LogP contribution in [0.1, 0.15) is 18.9 Å². The summed E-state index contributed by atoms with van der Waals surface area (Å²) in [7, 11) is 0. The number of hydrogen-bond acceptors (Lipinski definition) is 3. The molecule has 3 amide bonds. The maximum absolute atomic E-state index is 11.3. The molecule has 0 unspecified atom stereocenters. The SMILES string of the molecule is C[C@@H](N)C(=O)NNC(=O)NCCCc1ccccc1. The Morgan fingerprint density at radius 2 is 1.89 bits per heavy atom. The zero-order valence-corrected chi connectivity index (χ0v) is 11.0. The smallest absolute Gasteiger partial charge is 0.333 e. The molecule has 5 N–H and O–H groups in total. The van der Waals surface area contributed by atoms with Crippen molar-refractivity contribution in [2.75, 3.05) is 6.54 Å². The number of amides is 3. The second-order valence-corrected chi connectivity index (χ2v) is 4.25. The van der Waals surface area contributed by atoms with Gasteiger partial charge in [0, 0.05) is 6.54 Å². The van der Waals surface area contributed by atoms with Crippen molar-refractivity contribution in [3.63, 3.8) is 0 Å². The fourth-order valence-electron chi connectivity index (χ4n) is 1.42. The Morgan fingerprint density at radius 1 is 1.21 bits per heavy atom. The Morgan fingerprint density at radius 3 is 2.53 bits per heavy atom. The molecule has 0 aliphatic heterocycles. The summed E-state index contributed by atoms with van der Waals surface area (Å²) in [6.07, 6.45) is 1.73. The van der Waals surface area contributed by atoms with Crippen LogP contribution in [0.5, 0.6) is 0 Å². The van der Waals surface area contributed by atoms with E-state index in [0.717, 1.165) is 12.8 Å². The van der Waals surface area contributed by atoms with Gasteiger partial charge in [0.1, 0.15) is 0 Å². The Hall–Kier alpha value is -2.08.